The van der Waals surface area contributed by atoms with Crippen molar-refractivity contribution >= 4 is 23.3 Å². The minimum atomic E-state index is -0.378. The molecule has 0 radical (unpaired) electrons. The van der Waals surface area contributed by atoms with Crippen molar-refractivity contribution in [2.24, 2.45) is 0 Å². The maximum absolute atomic E-state index is 13.0. The maximum atomic E-state index is 13.0. The average Bonchev–Trinajstić information content (AvgIpc) is 2.47. The van der Waals surface area contributed by atoms with Crippen molar-refractivity contribution in [3.05, 3.63) is 58.9 Å². The zero-order valence-corrected chi connectivity index (χ0v) is 12.8. The van der Waals surface area contributed by atoms with E-state index in [1.807, 2.05) is 6.07 Å². The molecular formula is C16H16ClFN2O2. The van der Waals surface area contributed by atoms with Gasteiger partial charge in [-0.3, -0.25) is 0 Å². The molecule has 2 amide bonds. The van der Waals surface area contributed by atoms with Crippen molar-refractivity contribution in [3.8, 4) is 5.75 Å². The van der Waals surface area contributed by atoms with E-state index in [1.165, 1.54) is 19.2 Å². The van der Waals surface area contributed by atoms with Crippen molar-refractivity contribution in [3.63, 3.8) is 0 Å². The first-order valence-electron chi connectivity index (χ1n) is 6.71. The van der Waals surface area contributed by atoms with Crippen LogP contribution in [0, 0.1) is 5.82 Å². The third kappa shape index (κ3) is 4.63. The Bertz CT molecular complexity index is 664. The summed E-state index contributed by atoms with van der Waals surface area (Å²) in [5.74, 6) is 0.232. The van der Waals surface area contributed by atoms with Gasteiger partial charge in [-0.2, -0.15) is 0 Å². The minimum Gasteiger partial charge on any atom is -0.495 e. The summed E-state index contributed by atoms with van der Waals surface area (Å²) in [6.07, 6.45) is 0.540. The molecule has 116 valence electrons. The van der Waals surface area contributed by atoms with Gasteiger partial charge in [0.25, 0.3) is 0 Å². The molecule has 2 N–H and O–H groups in total. The van der Waals surface area contributed by atoms with Crippen molar-refractivity contribution in [2.75, 3.05) is 19.0 Å². The van der Waals surface area contributed by atoms with Crippen molar-refractivity contribution in [2.45, 2.75) is 6.42 Å². The van der Waals surface area contributed by atoms with Crippen LogP contribution in [-0.4, -0.2) is 19.7 Å². The van der Waals surface area contributed by atoms with Crippen molar-refractivity contribution in [1.29, 1.82) is 0 Å². The van der Waals surface area contributed by atoms with E-state index in [9.17, 15) is 9.18 Å². The molecule has 6 heteroatoms. The highest BCUT2D eigenvalue weighted by Crippen LogP contribution is 2.27. The van der Waals surface area contributed by atoms with Crippen LogP contribution in [0.4, 0.5) is 14.9 Å². The Morgan fingerprint density at radius 2 is 2.09 bits per heavy atom. The van der Waals surface area contributed by atoms with Gasteiger partial charge in [-0.15, -0.1) is 0 Å². The molecule has 0 aliphatic rings. The van der Waals surface area contributed by atoms with E-state index < -0.39 is 0 Å². The molecule has 0 aliphatic heterocycles. The highest BCUT2D eigenvalue weighted by molar-refractivity contribution is 6.31. The number of urea groups is 1. The van der Waals surface area contributed by atoms with Crippen LogP contribution in [0.15, 0.2) is 42.5 Å². The van der Waals surface area contributed by atoms with E-state index in [1.54, 1.807) is 24.3 Å². The molecule has 0 fully saturated rings. The molecule has 2 aromatic carbocycles. The van der Waals surface area contributed by atoms with Crippen LogP contribution >= 0.6 is 11.6 Å². The lowest BCUT2D eigenvalue weighted by Gasteiger charge is -2.11. The van der Waals surface area contributed by atoms with Crippen molar-refractivity contribution < 1.29 is 13.9 Å². The lowest BCUT2D eigenvalue weighted by Crippen LogP contribution is -2.30. The fraction of sp³-hybridized carbons (Fsp3) is 0.188. The van der Waals surface area contributed by atoms with Gasteiger partial charge in [-0.1, -0.05) is 23.7 Å². The van der Waals surface area contributed by atoms with Gasteiger partial charge in [-0.25, -0.2) is 9.18 Å². The molecule has 2 aromatic rings. The molecule has 2 rings (SSSR count). The molecular weight excluding hydrogens is 307 g/mol. The highest BCUT2D eigenvalue weighted by atomic mass is 35.5. The van der Waals surface area contributed by atoms with Gasteiger partial charge in [-0.05, 0) is 42.3 Å². The van der Waals surface area contributed by atoms with Gasteiger partial charge in [0.05, 0.1) is 12.8 Å². The van der Waals surface area contributed by atoms with Crippen LogP contribution in [-0.2, 0) is 6.42 Å². The van der Waals surface area contributed by atoms with E-state index in [0.717, 1.165) is 5.56 Å². The van der Waals surface area contributed by atoms with Gasteiger partial charge in [0.2, 0.25) is 0 Å². The number of carbonyl (C=O) groups excluding carboxylic acids is 1. The molecule has 0 saturated carbocycles. The largest absolute Gasteiger partial charge is 0.495 e. The summed E-state index contributed by atoms with van der Waals surface area (Å²) >= 11 is 5.89. The summed E-state index contributed by atoms with van der Waals surface area (Å²) < 4.78 is 18.2. The Balaban J connectivity index is 1.87. The predicted molar refractivity (Wildman–Crippen MR) is 85.1 cm³/mol. The molecule has 0 aliphatic carbocycles. The molecule has 0 saturated heterocycles. The maximum Gasteiger partial charge on any atom is 0.319 e. The second-order valence-corrected chi connectivity index (χ2v) is 5.04. The summed E-state index contributed by atoms with van der Waals surface area (Å²) in [6.45, 7) is 0.387. The van der Waals surface area contributed by atoms with Crippen LogP contribution in [0.3, 0.4) is 0 Å². The highest BCUT2D eigenvalue weighted by Gasteiger charge is 2.07. The van der Waals surface area contributed by atoms with E-state index in [-0.39, 0.29) is 11.8 Å². The third-order valence-corrected chi connectivity index (χ3v) is 3.23. The number of nitrogens with one attached hydrogen (secondary N) is 2. The molecule has 0 aromatic heterocycles. The third-order valence-electron chi connectivity index (χ3n) is 3.00. The normalized spacial score (nSPS) is 10.1. The topological polar surface area (TPSA) is 50.4 Å². The Morgan fingerprint density at radius 3 is 2.82 bits per heavy atom. The number of halogens is 2. The average molecular weight is 323 g/mol. The SMILES string of the molecule is COc1ccc(Cl)cc1NC(=O)NCCc1cccc(F)c1. The number of anilines is 1. The Morgan fingerprint density at radius 1 is 1.27 bits per heavy atom. The van der Waals surface area contributed by atoms with Crippen LogP contribution < -0.4 is 15.4 Å². The van der Waals surface area contributed by atoms with Crippen LogP contribution in [0.1, 0.15) is 5.56 Å². The number of hydrogen-bond donors (Lipinski definition) is 2. The zero-order valence-electron chi connectivity index (χ0n) is 12.0. The van der Waals surface area contributed by atoms with E-state index in [2.05, 4.69) is 10.6 Å². The first-order valence-corrected chi connectivity index (χ1v) is 7.09. The lowest BCUT2D eigenvalue weighted by atomic mass is 10.1. The lowest BCUT2D eigenvalue weighted by molar-refractivity contribution is 0.252. The molecule has 0 heterocycles. The first-order chi connectivity index (χ1) is 10.6. The summed E-state index contributed by atoms with van der Waals surface area (Å²) in [5.41, 5.74) is 1.30. The first kappa shape index (κ1) is 16.1. The Labute approximate surface area is 133 Å². The molecule has 22 heavy (non-hydrogen) atoms. The molecule has 0 unspecified atom stereocenters. The minimum absolute atomic E-state index is 0.286. The number of hydrogen-bond acceptors (Lipinski definition) is 2. The second-order valence-electron chi connectivity index (χ2n) is 4.61. The second kappa shape index (κ2) is 7.66. The fourth-order valence-corrected chi connectivity index (χ4v) is 2.13. The summed E-state index contributed by atoms with van der Waals surface area (Å²) in [5, 5.41) is 5.86. The number of carbonyl (C=O) groups is 1. The number of methoxy groups -OCH3 is 1. The smallest absolute Gasteiger partial charge is 0.319 e. The number of rotatable bonds is 5. The van der Waals surface area contributed by atoms with Gasteiger partial charge < -0.3 is 15.4 Å². The summed E-state index contributed by atoms with van der Waals surface area (Å²) in [4.78, 5) is 11.9. The Hall–Kier alpha value is -2.27. The van der Waals surface area contributed by atoms with E-state index in [0.29, 0.717) is 29.4 Å². The molecule has 0 spiro atoms. The quantitative estimate of drug-likeness (QED) is 0.878. The Kier molecular flexibility index (Phi) is 5.61. The molecule has 4 nitrogen and oxygen atoms in total. The summed E-state index contributed by atoms with van der Waals surface area (Å²) in [6, 6.07) is 10.8. The fourth-order valence-electron chi connectivity index (χ4n) is 1.96. The predicted octanol–water partition coefficient (Wildman–Crippen LogP) is 3.85. The molecule has 0 bridgehead atoms. The monoisotopic (exact) mass is 322 g/mol. The molecule has 0 atom stereocenters. The summed E-state index contributed by atoms with van der Waals surface area (Å²) in [7, 11) is 1.51. The van der Waals surface area contributed by atoms with Gasteiger partial charge in [0, 0.05) is 11.6 Å². The van der Waals surface area contributed by atoms with Crippen LogP contribution in [0.5, 0.6) is 5.75 Å². The van der Waals surface area contributed by atoms with Gasteiger partial charge in [0.1, 0.15) is 11.6 Å². The van der Waals surface area contributed by atoms with Crippen LogP contribution in [0.25, 0.3) is 0 Å². The zero-order chi connectivity index (χ0) is 15.9. The number of ether oxygens (including phenoxy) is 1. The van der Waals surface area contributed by atoms with Crippen LogP contribution in [0.2, 0.25) is 5.02 Å². The van der Waals surface area contributed by atoms with E-state index in [4.69, 9.17) is 16.3 Å². The van der Waals surface area contributed by atoms with E-state index >= 15 is 0 Å². The van der Waals surface area contributed by atoms with Gasteiger partial charge >= 0.3 is 6.03 Å². The number of amides is 2. The van der Waals surface area contributed by atoms with Gasteiger partial charge in [0.15, 0.2) is 0 Å². The standard InChI is InChI=1S/C16H16ClFN2O2/c1-22-15-6-5-12(17)10-14(15)20-16(21)19-8-7-11-3-2-4-13(18)9-11/h2-6,9-10H,7-8H2,1H3,(H2,19,20,21). The van der Waals surface area contributed by atoms with Crippen molar-refractivity contribution in [1.82, 2.24) is 5.32 Å². The number of benzene rings is 2.